The van der Waals surface area contributed by atoms with Crippen molar-refractivity contribution in [1.82, 2.24) is 10.2 Å². The van der Waals surface area contributed by atoms with Crippen LogP contribution >= 0.6 is 11.6 Å². The molecule has 0 heterocycles. The molecule has 110 valence electrons. The van der Waals surface area contributed by atoms with Gasteiger partial charge >= 0.3 is 0 Å². The number of nitrogens with one attached hydrogen (secondary N) is 2. The van der Waals surface area contributed by atoms with Gasteiger partial charge in [0.25, 0.3) is 0 Å². The first kappa shape index (κ1) is 16.5. The molecule has 1 rings (SSSR count). The van der Waals surface area contributed by atoms with Crippen LogP contribution in [-0.2, 0) is 9.59 Å². The lowest BCUT2D eigenvalue weighted by molar-refractivity contribution is -0.126. The average molecular weight is 298 g/mol. The predicted molar refractivity (Wildman–Crippen MR) is 80.9 cm³/mol. The Bertz CT molecular complexity index is 462. The number of hydrogen-bond donors (Lipinski definition) is 2. The molecule has 0 aliphatic carbocycles. The molecule has 0 saturated carbocycles. The normalized spacial score (nSPS) is 12.1. The molecule has 0 fully saturated rings. The summed E-state index contributed by atoms with van der Waals surface area (Å²) in [4.78, 5) is 25.2. The molecule has 1 atom stereocenters. The number of hydrogen-bond acceptors (Lipinski definition) is 3. The molecular weight excluding hydrogens is 278 g/mol. The Labute approximate surface area is 124 Å². The number of likely N-dealkylation sites (N-methyl/N-ethyl adjacent to an activating group) is 2. The molecule has 0 aliphatic rings. The van der Waals surface area contributed by atoms with Crippen LogP contribution in [-0.4, -0.2) is 42.9 Å². The second kappa shape index (κ2) is 7.87. The number of rotatable bonds is 6. The van der Waals surface area contributed by atoms with Crippen LogP contribution in [0.25, 0.3) is 0 Å². The topological polar surface area (TPSA) is 61.4 Å². The van der Waals surface area contributed by atoms with Crippen LogP contribution < -0.4 is 10.6 Å². The molecule has 0 radical (unpaired) electrons. The molecule has 1 aromatic carbocycles. The van der Waals surface area contributed by atoms with Crippen LogP contribution in [0, 0.1) is 0 Å². The van der Waals surface area contributed by atoms with Crippen LogP contribution in [0.5, 0.6) is 0 Å². The Hall–Kier alpha value is -1.59. The third kappa shape index (κ3) is 5.19. The van der Waals surface area contributed by atoms with E-state index in [2.05, 4.69) is 10.6 Å². The first-order valence-corrected chi connectivity index (χ1v) is 6.85. The SMILES string of the molecule is CCNC(=O)[C@H](C)N(C)CC(=O)Nc1ccc(Cl)cc1. The summed E-state index contributed by atoms with van der Waals surface area (Å²) in [6.07, 6.45) is 0. The molecular formula is C14H20ClN3O2. The first-order valence-electron chi connectivity index (χ1n) is 6.47. The number of anilines is 1. The zero-order valence-corrected chi connectivity index (χ0v) is 12.7. The Morgan fingerprint density at radius 1 is 1.30 bits per heavy atom. The van der Waals surface area contributed by atoms with Crippen molar-refractivity contribution >= 4 is 29.1 Å². The van der Waals surface area contributed by atoms with E-state index in [1.807, 2.05) is 6.92 Å². The van der Waals surface area contributed by atoms with E-state index in [4.69, 9.17) is 11.6 Å². The maximum absolute atomic E-state index is 11.9. The molecule has 0 bridgehead atoms. The molecule has 0 unspecified atom stereocenters. The van der Waals surface area contributed by atoms with Gasteiger partial charge < -0.3 is 10.6 Å². The highest BCUT2D eigenvalue weighted by atomic mass is 35.5. The maximum atomic E-state index is 11.9. The lowest BCUT2D eigenvalue weighted by Gasteiger charge is -2.23. The first-order chi connectivity index (χ1) is 9.43. The summed E-state index contributed by atoms with van der Waals surface area (Å²) in [6.45, 7) is 4.34. The molecule has 0 aliphatic heterocycles. The van der Waals surface area contributed by atoms with E-state index in [-0.39, 0.29) is 24.4 Å². The average Bonchev–Trinajstić information content (AvgIpc) is 2.40. The van der Waals surface area contributed by atoms with E-state index in [9.17, 15) is 9.59 Å². The predicted octanol–water partition coefficient (Wildman–Crippen LogP) is 1.73. The molecule has 2 N–H and O–H groups in total. The van der Waals surface area contributed by atoms with Gasteiger partial charge in [-0.15, -0.1) is 0 Å². The second-order valence-corrected chi connectivity index (χ2v) is 4.98. The maximum Gasteiger partial charge on any atom is 0.238 e. The summed E-state index contributed by atoms with van der Waals surface area (Å²) in [5.41, 5.74) is 0.679. The van der Waals surface area contributed by atoms with Crippen molar-refractivity contribution in [3.63, 3.8) is 0 Å². The minimum atomic E-state index is -0.356. The summed E-state index contributed by atoms with van der Waals surface area (Å²) in [5, 5.41) is 6.10. The van der Waals surface area contributed by atoms with Gasteiger partial charge in [0.05, 0.1) is 12.6 Å². The number of carbonyl (C=O) groups excluding carboxylic acids is 2. The largest absolute Gasteiger partial charge is 0.355 e. The molecule has 0 aromatic heterocycles. The highest BCUT2D eigenvalue weighted by Crippen LogP contribution is 2.13. The van der Waals surface area contributed by atoms with Crippen molar-refractivity contribution in [3.8, 4) is 0 Å². The van der Waals surface area contributed by atoms with Crippen LogP contribution in [0.3, 0.4) is 0 Å². The number of carbonyl (C=O) groups is 2. The summed E-state index contributed by atoms with van der Waals surface area (Å²) in [7, 11) is 1.74. The highest BCUT2D eigenvalue weighted by Gasteiger charge is 2.19. The summed E-state index contributed by atoms with van der Waals surface area (Å²) >= 11 is 5.77. The van der Waals surface area contributed by atoms with Crippen molar-refractivity contribution in [2.45, 2.75) is 19.9 Å². The van der Waals surface area contributed by atoms with Gasteiger partial charge in [-0.3, -0.25) is 14.5 Å². The van der Waals surface area contributed by atoms with Gasteiger partial charge in [0.15, 0.2) is 0 Å². The van der Waals surface area contributed by atoms with E-state index in [0.29, 0.717) is 17.3 Å². The molecule has 5 nitrogen and oxygen atoms in total. The number of amides is 2. The summed E-state index contributed by atoms with van der Waals surface area (Å²) < 4.78 is 0. The zero-order chi connectivity index (χ0) is 15.1. The summed E-state index contributed by atoms with van der Waals surface area (Å²) in [6, 6.07) is 6.52. The highest BCUT2D eigenvalue weighted by molar-refractivity contribution is 6.30. The standard InChI is InChI=1S/C14H20ClN3O2/c1-4-16-14(20)10(2)18(3)9-13(19)17-12-7-5-11(15)6-8-12/h5-8,10H,4,9H2,1-3H3,(H,16,20)(H,17,19)/t10-/m0/s1. The molecule has 0 saturated heterocycles. The molecule has 20 heavy (non-hydrogen) atoms. The van der Waals surface area contributed by atoms with E-state index in [1.165, 1.54) is 0 Å². The molecule has 6 heteroatoms. The fraction of sp³-hybridized carbons (Fsp3) is 0.429. The minimum absolute atomic E-state index is 0.0886. The quantitative estimate of drug-likeness (QED) is 0.841. The Kier molecular flexibility index (Phi) is 6.48. The Morgan fingerprint density at radius 2 is 1.90 bits per heavy atom. The summed E-state index contributed by atoms with van der Waals surface area (Å²) in [5.74, 6) is -0.264. The van der Waals surface area contributed by atoms with E-state index in [1.54, 1.807) is 43.1 Å². The van der Waals surface area contributed by atoms with Gasteiger partial charge in [-0.25, -0.2) is 0 Å². The monoisotopic (exact) mass is 297 g/mol. The third-order valence-electron chi connectivity index (χ3n) is 2.91. The second-order valence-electron chi connectivity index (χ2n) is 4.54. The van der Waals surface area contributed by atoms with Crippen LogP contribution in [0.15, 0.2) is 24.3 Å². The van der Waals surface area contributed by atoms with Gasteiger partial charge in [0.2, 0.25) is 11.8 Å². The van der Waals surface area contributed by atoms with E-state index in [0.717, 1.165) is 0 Å². The van der Waals surface area contributed by atoms with Gasteiger partial charge in [-0.2, -0.15) is 0 Å². The lowest BCUT2D eigenvalue weighted by Crippen LogP contribution is -2.45. The van der Waals surface area contributed by atoms with Crippen molar-refractivity contribution in [2.75, 3.05) is 25.5 Å². The Balaban J connectivity index is 2.49. The fourth-order valence-electron chi connectivity index (χ4n) is 1.62. The molecule has 1 aromatic rings. The van der Waals surface area contributed by atoms with Crippen LogP contribution in [0.2, 0.25) is 5.02 Å². The molecule has 2 amide bonds. The van der Waals surface area contributed by atoms with Crippen LogP contribution in [0.4, 0.5) is 5.69 Å². The number of nitrogens with zero attached hydrogens (tertiary/aromatic N) is 1. The van der Waals surface area contributed by atoms with E-state index < -0.39 is 0 Å². The van der Waals surface area contributed by atoms with Gasteiger partial charge in [-0.1, -0.05) is 11.6 Å². The van der Waals surface area contributed by atoms with Gasteiger partial charge in [0.1, 0.15) is 0 Å². The van der Waals surface area contributed by atoms with Crippen molar-refractivity contribution in [3.05, 3.63) is 29.3 Å². The van der Waals surface area contributed by atoms with E-state index >= 15 is 0 Å². The zero-order valence-electron chi connectivity index (χ0n) is 11.9. The molecule has 0 spiro atoms. The van der Waals surface area contributed by atoms with Crippen molar-refractivity contribution in [2.24, 2.45) is 0 Å². The van der Waals surface area contributed by atoms with Crippen molar-refractivity contribution < 1.29 is 9.59 Å². The van der Waals surface area contributed by atoms with Gasteiger partial charge in [-0.05, 0) is 45.2 Å². The lowest BCUT2D eigenvalue weighted by atomic mass is 10.2. The van der Waals surface area contributed by atoms with Crippen molar-refractivity contribution in [1.29, 1.82) is 0 Å². The Morgan fingerprint density at radius 3 is 2.45 bits per heavy atom. The fourth-order valence-corrected chi connectivity index (χ4v) is 1.75. The third-order valence-corrected chi connectivity index (χ3v) is 3.16. The van der Waals surface area contributed by atoms with Gasteiger partial charge in [0, 0.05) is 17.3 Å². The number of benzene rings is 1. The van der Waals surface area contributed by atoms with Crippen LogP contribution in [0.1, 0.15) is 13.8 Å². The number of halogens is 1. The smallest absolute Gasteiger partial charge is 0.238 e. The minimum Gasteiger partial charge on any atom is -0.355 e.